The molecule has 1 aromatic carbocycles. The van der Waals surface area contributed by atoms with E-state index in [1.54, 1.807) is 0 Å². The third-order valence-corrected chi connectivity index (χ3v) is 3.24. The highest BCUT2D eigenvalue weighted by molar-refractivity contribution is 6.31. The summed E-state index contributed by atoms with van der Waals surface area (Å²) in [6.07, 6.45) is -3.03. The largest absolute Gasteiger partial charge is 0.504 e. The van der Waals surface area contributed by atoms with E-state index in [0.29, 0.717) is 5.56 Å². The summed E-state index contributed by atoms with van der Waals surface area (Å²) in [5, 5.41) is 9.58. The number of alkyl halides is 4. The summed E-state index contributed by atoms with van der Waals surface area (Å²) in [5.74, 6) is -0.216. The van der Waals surface area contributed by atoms with Gasteiger partial charge in [-0.15, -0.1) is 11.6 Å². The Morgan fingerprint density at radius 1 is 1.26 bits per heavy atom. The molecule has 0 aliphatic heterocycles. The first-order chi connectivity index (χ1) is 8.84. The molecule has 1 heterocycles. The number of aromatic hydroxyl groups is 1. The minimum absolute atomic E-state index is 0.0114. The SMILES string of the molecule is Oc1c(CCl)cn(-c2cccc(C(F)(F)F)c2)c1Cl. The first-order valence-electron chi connectivity index (χ1n) is 5.17. The molecule has 0 unspecified atom stereocenters. The molecule has 0 bridgehead atoms. The third-order valence-electron chi connectivity index (χ3n) is 2.59. The van der Waals surface area contributed by atoms with Crippen molar-refractivity contribution in [2.75, 3.05) is 0 Å². The number of hydrogen-bond acceptors (Lipinski definition) is 1. The molecule has 0 fully saturated rings. The molecule has 2 aromatic rings. The monoisotopic (exact) mass is 309 g/mol. The molecule has 2 nitrogen and oxygen atoms in total. The number of halogens is 5. The summed E-state index contributed by atoms with van der Waals surface area (Å²) >= 11 is 11.5. The molecule has 0 atom stereocenters. The average Bonchev–Trinajstić information content (AvgIpc) is 2.65. The highest BCUT2D eigenvalue weighted by Crippen LogP contribution is 2.35. The lowest BCUT2D eigenvalue weighted by atomic mass is 10.2. The first kappa shape index (κ1) is 14.1. The number of rotatable bonds is 2. The summed E-state index contributed by atoms with van der Waals surface area (Å²) in [4.78, 5) is 0. The van der Waals surface area contributed by atoms with Gasteiger partial charge < -0.3 is 9.67 Å². The maximum Gasteiger partial charge on any atom is 0.416 e. The number of hydrogen-bond donors (Lipinski definition) is 1. The summed E-state index contributed by atoms with van der Waals surface area (Å²) < 4.78 is 39.1. The van der Waals surface area contributed by atoms with Gasteiger partial charge in [-0.2, -0.15) is 13.2 Å². The van der Waals surface area contributed by atoms with Gasteiger partial charge in [-0.05, 0) is 18.2 Å². The van der Waals surface area contributed by atoms with Crippen LogP contribution in [0.1, 0.15) is 11.1 Å². The van der Waals surface area contributed by atoms with Gasteiger partial charge in [-0.1, -0.05) is 17.7 Å². The second-order valence-corrected chi connectivity index (χ2v) is 4.47. The zero-order valence-corrected chi connectivity index (χ0v) is 10.9. The fraction of sp³-hybridized carbons (Fsp3) is 0.167. The van der Waals surface area contributed by atoms with Gasteiger partial charge in [0.1, 0.15) is 0 Å². The maximum absolute atomic E-state index is 12.6. The Balaban J connectivity index is 2.54. The van der Waals surface area contributed by atoms with Crippen molar-refractivity contribution < 1.29 is 18.3 Å². The number of benzene rings is 1. The predicted molar refractivity (Wildman–Crippen MR) is 67.0 cm³/mol. The van der Waals surface area contributed by atoms with Crippen molar-refractivity contribution in [2.24, 2.45) is 0 Å². The van der Waals surface area contributed by atoms with Crippen molar-refractivity contribution in [3.8, 4) is 11.4 Å². The fourth-order valence-electron chi connectivity index (χ4n) is 1.64. The molecule has 7 heteroatoms. The van der Waals surface area contributed by atoms with Crippen molar-refractivity contribution >= 4 is 23.2 Å². The Kier molecular flexibility index (Phi) is 3.69. The quantitative estimate of drug-likeness (QED) is 0.806. The van der Waals surface area contributed by atoms with E-state index in [1.165, 1.54) is 22.9 Å². The van der Waals surface area contributed by atoms with E-state index < -0.39 is 11.7 Å². The normalized spacial score (nSPS) is 11.8. The standard InChI is InChI=1S/C12H8Cl2F3NO/c13-5-7-6-18(11(14)10(7)19)9-3-1-2-8(4-9)12(15,16)17/h1-4,6,19H,5H2. The van der Waals surface area contributed by atoms with Crippen molar-refractivity contribution in [3.05, 3.63) is 46.7 Å². The molecular weight excluding hydrogens is 302 g/mol. The van der Waals surface area contributed by atoms with Gasteiger partial charge in [0.25, 0.3) is 0 Å². The van der Waals surface area contributed by atoms with Gasteiger partial charge in [0.15, 0.2) is 10.9 Å². The molecule has 1 N–H and O–H groups in total. The molecule has 0 radical (unpaired) electrons. The van der Waals surface area contributed by atoms with E-state index in [9.17, 15) is 18.3 Å². The van der Waals surface area contributed by atoms with Crippen LogP contribution in [0.5, 0.6) is 5.75 Å². The lowest BCUT2D eigenvalue weighted by Gasteiger charge is -2.10. The van der Waals surface area contributed by atoms with Crippen LogP contribution in [-0.2, 0) is 12.1 Å². The predicted octanol–water partition coefficient (Wildman–Crippen LogP) is 4.59. The van der Waals surface area contributed by atoms with Gasteiger partial charge in [-0.25, -0.2) is 0 Å². The molecule has 0 spiro atoms. The van der Waals surface area contributed by atoms with Gasteiger partial charge in [-0.3, -0.25) is 0 Å². The third kappa shape index (κ3) is 2.67. The second kappa shape index (κ2) is 4.98. The average molecular weight is 310 g/mol. The highest BCUT2D eigenvalue weighted by Gasteiger charge is 2.30. The Morgan fingerprint density at radius 2 is 1.95 bits per heavy atom. The van der Waals surface area contributed by atoms with Gasteiger partial charge in [0, 0.05) is 17.4 Å². The Hall–Kier alpha value is -1.33. The molecule has 0 saturated heterocycles. The molecule has 0 aliphatic carbocycles. The summed E-state index contributed by atoms with van der Waals surface area (Å²) in [6, 6.07) is 4.64. The van der Waals surface area contributed by atoms with Crippen molar-refractivity contribution in [1.29, 1.82) is 0 Å². The van der Waals surface area contributed by atoms with Crippen molar-refractivity contribution in [3.63, 3.8) is 0 Å². The van der Waals surface area contributed by atoms with Gasteiger partial charge in [0.2, 0.25) is 0 Å². The first-order valence-corrected chi connectivity index (χ1v) is 6.08. The van der Waals surface area contributed by atoms with E-state index in [0.717, 1.165) is 12.1 Å². The second-order valence-electron chi connectivity index (χ2n) is 3.85. The van der Waals surface area contributed by atoms with Crippen LogP contribution in [0.25, 0.3) is 5.69 Å². The smallest absolute Gasteiger partial charge is 0.416 e. The van der Waals surface area contributed by atoms with E-state index in [4.69, 9.17) is 23.2 Å². The Labute approximate surface area is 117 Å². The summed E-state index contributed by atoms with van der Waals surface area (Å²) in [6.45, 7) is 0. The molecule has 102 valence electrons. The van der Waals surface area contributed by atoms with E-state index >= 15 is 0 Å². The molecule has 19 heavy (non-hydrogen) atoms. The Morgan fingerprint density at radius 3 is 2.47 bits per heavy atom. The van der Waals surface area contributed by atoms with Crippen LogP contribution in [0.3, 0.4) is 0 Å². The molecular formula is C12H8Cl2F3NO. The summed E-state index contributed by atoms with van der Waals surface area (Å²) in [5.41, 5.74) is -0.239. The van der Waals surface area contributed by atoms with Gasteiger partial charge >= 0.3 is 6.18 Å². The van der Waals surface area contributed by atoms with Crippen LogP contribution >= 0.6 is 23.2 Å². The fourth-order valence-corrected chi connectivity index (χ4v) is 2.10. The van der Waals surface area contributed by atoms with E-state index in [1.807, 2.05) is 0 Å². The zero-order chi connectivity index (χ0) is 14.2. The van der Waals surface area contributed by atoms with Crippen LogP contribution in [0, 0.1) is 0 Å². The summed E-state index contributed by atoms with van der Waals surface area (Å²) in [7, 11) is 0. The van der Waals surface area contributed by atoms with Crippen LogP contribution in [0.2, 0.25) is 5.15 Å². The molecule has 0 aliphatic rings. The van der Waals surface area contributed by atoms with Gasteiger partial charge in [0.05, 0.1) is 11.4 Å². The lowest BCUT2D eigenvalue weighted by molar-refractivity contribution is -0.137. The topological polar surface area (TPSA) is 25.2 Å². The van der Waals surface area contributed by atoms with E-state index in [2.05, 4.69) is 0 Å². The van der Waals surface area contributed by atoms with Crippen molar-refractivity contribution in [1.82, 2.24) is 4.57 Å². The minimum atomic E-state index is -4.44. The van der Waals surface area contributed by atoms with Crippen molar-refractivity contribution in [2.45, 2.75) is 12.1 Å². The minimum Gasteiger partial charge on any atom is -0.504 e. The molecule has 1 aromatic heterocycles. The zero-order valence-electron chi connectivity index (χ0n) is 9.38. The Bertz CT molecular complexity index is 608. The van der Waals surface area contributed by atoms with Crippen LogP contribution in [0.15, 0.2) is 30.5 Å². The molecule has 0 amide bonds. The van der Waals surface area contributed by atoms with E-state index in [-0.39, 0.29) is 22.5 Å². The molecule has 2 rings (SSSR count). The number of aromatic nitrogens is 1. The maximum atomic E-state index is 12.6. The van der Waals surface area contributed by atoms with Crippen LogP contribution in [0.4, 0.5) is 13.2 Å². The number of nitrogens with zero attached hydrogens (tertiary/aromatic N) is 1. The van der Waals surface area contributed by atoms with Crippen LogP contribution in [-0.4, -0.2) is 9.67 Å². The molecule has 0 saturated carbocycles. The van der Waals surface area contributed by atoms with Crippen LogP contribution < -0.4 is 0 Å². The highest BCUT2D eigenvalue weighted by atomic mass is 35.5. The lowest BCUT2D eigenvalue weighted by Crippen LogP contribution is -2.05.